The molecule has 0 aliphatic rings. The van der Waals surface area contributed by atoms with E-state index in [-0.39, 0.29) is 25.9 Å². The van der Waals surface area contributed by atoms with Gasteiger partial charge in [-0.05, 0) is 37.6 Å². The van der Waals surface area contributed by atoms with Gasteiger partial charge in [-0.15, -0.1) is 0 Å². The summed E-state index contributed by atoms with van der Waals surface area (Å²) in [5, 5.41) is 3.01. The van der Waals surface area contributed by atoms with Crippen LogP contribution in [0.4, 0.5) is 0 Å². The number of carbonyl (C=O) groups is 1. The highest BCUT2D eigenvalue weighted by atomic mass is 35.5. The molecule has 0 aromatic heterocycles. The van der Waals surface area contributed by atoms with E-state index in [0.717, 1.165) is 0 Å². The van der Waals surface area contributed by atoms with Crippen LogP contribution in [0, 0.1) is 0 Å². The maximum Gasteiger partial charge on any atom is 0.459 e. The minimum atomic E-state index is -3.79. The highest BCUT2D eigenvalue weighted by Gasteiger charge is 2.29. The van der Waals surface area contributed by atoms with E-state index >= 15 is 0 Å². The lowest BCUT2D eigenvalue weighted by atomic mass is 10.3. The first kappa shape index (κ1) is 20.9. The third kappa shape index (κ3) is 7.64. The summed E-state index contributed by atoms with van der Waals surface area (Å²) >= 11 is 5.81. The molecule has 0 aliphatic heterocycles. The molecule has 0 fully saturated rings. The Morgan fingerprint density at radius 2 is 1.96 bits per heavy atom. The van der Waals surface area contributed by atoms with Crippen LogP contribution in [0.5, 0.6) is 5.75 Å². The molecule has 0 aliphatic carbocycles. The van der Waals surface area contributed by atoms with E-state index in [1.54, 1.807) is 31.2 Å². The summed E-state index contributed by atoms with van der Waals surface area (Å²) in [6, 6.07) is 6.29. The standard InChI is InChI=1S/C15H23ClNO6P/c1-4-13(20-3)11-22-24(19,17-10-15(18)21-5-2)23-14-8-6-12(16)7-9-14/h6-9,13H,4-5,10-11H2,1-3H3,(H,17,19). The molecule has 136 valence electrons. The molecule has 2 atom stereocenters. The Kier molecular flexibility index (Phi) is 9.33. The highest BCUT2D eigenvalue weighted by Crippen LogP contribution is 2.44. The van der Waals surface area contributed by atoms with E-state index in [1.807, 2.05) is 6.92 Å². The second-order valence-electron chi connectivity index (χ2n) is 4.74. The van der Waals surface area contributed by atoms with Crippen LogP contribution in [0.1, 0.15) is 20.3 Å². The van der Waals surface area contributed by atoms with Crippen LogP contribution in [-0.4, -0.2) is 38.9 Å². The number of halogens is 1. The van der Waals surface area contributed by atoms with Gasteiger partial charge in [0.05, 0.1) is 19.3 Å². The smallest absolute Gasteiger partial charge is 0.459 e. The fourth-order valence-electron chi connectivity index (χ4n) is 1.65. The van der Waals surface area contributed by atoms with Crippen molar-refractivity contribution in [1.82, 2.24) is 5.09 Å². The second-order valence-corrected chi connectivity index (χ2v) is 6.93. The molecular weight excluding hydrogens is 357 g/mol. The second kappa shape index (κ2) is 10.7. The fraction of sp³-hybridized carbons (Fsp3) is 0.533. The van der Waals surface area contributed by atoms with Crippen molar-refractivity contribution in [3.8, 4) is 5.75 Å². The Labute approximate surface area is 147 Å². The summed E-state index contributed by atoms with van der Waals surface area (Å²) in [5.74, 6) is -0.260. The Morgan fingerprint density at radius 3 is 2.50 bits per heavy atom. The Morgan fingerprint density at radius 1 is 1.29 bits per heavy atom. The van der Waals surface area contributed by atoms with Crippen LogP contribution in [0.2, 0.25) is 5.02 Å². The number of hydrogen-bond acceptors (Lipinski definition) is 6. The van der Waals surface area contributed by atoms with E-state index in [1.165, 1.54) is 7.11 Å². The lowest BCUT2D eigenvalue weighted by Crippen LogP contribution is -2.27. The van der Waals surface area contributed by atoms with Crippen LogP contribution in [0.3, 0.4) is 0 Å². The molecule has 1 N–H and O–H groups in total. The summed E-state index contributed by atoms with van der Waals surface area (Å²) in [5.41, 5.74) is 0. The fourth-order valence-corrected chi connectivity index (χ4v) is 3.06. The lowest BCUT2D eigenvalue weighted by Gasteiger charge is -2.22. The van der Waals surface area contributed by atoms with Gasteiger partial charge in [-0.1, -0.05) is 18.5 Å². The van der Waals surface area contributed by atoms with Crippen molar-refractivity contribution in [2.75, 3.05) is 26.9 Å². The molecule has 9 heteroatoms. The van der Waals surface area contributed by atoms with Crippen molar-refractivity contribution in [1.29, 1.82) is 0 Å². The van der Waals surface area contributed by atoms with Crippen LogP contribution in [-0.2, 0) is 23.4 Å². The van der Waals surface area contributed by atoms with Gasteiger partial charge in [-0.25, -0.2) is 9.65 Å². The van der Waals surface area contributed by atoms with Crippen LogP contribution < -0.4 is 9.61 Å². The van der Waals surface area contributed by atoms with Gasteiger partial charge in [-0.3, -0.25) is 9.32 Å². The molecule has 7 nitrogen and oxygen atoms in total. The molecule has 2 unspecified atom stereocenters. The topological polar surface area (TPSA) is 83.1 Å². The van der Waals surface area contributed by atoms with E-state index in [0.29, 0.717) is 17.2 Å². The molecule has 0 heterocycles. The summed E-state index contributed by atoms with van der Waals surface area (Å²) in [7, 11) is -2.25. The molecule has 0 amide bonds. The number of ether oxygens (including phenoxy) is 2. The van der Waals surface area contributed by atoms with Gasteiger partial charge in [0.1, 0.15) is 12.3 Å². The summed E-state index contributed by atoms with van der Waals surface area (Å²) in [4.78, 5) is 11.5. The zero-order chi connectivity index (χ0) is 18.0. The summed E-state index contributed by atoms with van der Waals surface area (Å²) in [6.45, 7) is 3.57. The molecule has 0 radical (unpaired) electrons. The number of rotatable bonds is 11. The molecule has 0 bridgehead atoms. The van der Waals surface area contributed by atoms with Crippen molar-refractivity contribution < 1.29 is 27.9 Å². The zero-order valence-electron chi connectivity index (χ0n) is 14.0. The van der Waals surface area contributed by atoms with Gasteiger partial charge in [0.25, 0.3) is 0 Å². The minimum Gasteiger partial charge on any atom is -0.465 e. The van der Waals surface area contributed by atoms with Gasteiger partial charge < -0.3 is 14.0 Å². The van der Waals surface area contributed by atoms with E-state index < -0.39 is 13.7 Å². The number of benzene rings is 1. The minimum absolute atomic E-state index is 0.0493. The lowest BCUT2D eigenvalue weighted by molar-refractivity contribution is -0.141. The molecule has 0 saturated carbocycles. The largest absolute Gasteiger partial charge is 0.465 e. The average Bonchev–Trinajstić information content (AvgIpc) is 2.57. The summed E-state index contributed by atoms with van der Waals surface area (Å²) < 4.78 is 33.7. The predicted octanol–water partition coefficient (Wildman–Crippen LogP) is 3.42. The molecule has 1 aromatic rings. The van der Waals surface area contributed by atoms with Gasteiger partial charge in [0.15, 0.2) is 0 Å². The van der Waals surface area contributed by atoms with E-state index in [4.69, 9.17) is 30.1 Å². The van der Waals surface area contributed by atoms with Gasteiger partial charge in [0, 0.05) is 12.1 Å². The molecule has 0 spiro atoms. The highest BCUT2D eigenvalue weighted by molar-refractivity contribution is 7.52. The van der Waals surface area contributed by atoms with Gasteiger partial charge in [-0.2, -0.15) is 0 Å². The van der Waals surface area contributed by atoms with Crippen molar-refractivity contribution in [2.24, 2.45) is 0 Å². The van der Waals surface area contributed by atoms with Crippen molar-refractivity contribution in [3.63, 3.8) is 0 Å². The average molecular weight is 380 g/mol. The number of carbonyl (C=O) groups excluding carboxylic acids is 1. The summed E-state index contributed by atoms with van der Waals surface area (Å²) in [6.07, 6.45) is 0.437. The molecule has 1 rings (SSSR count). The maximum absolute atomic E-state index is 12.9. The third-order valence-corrected chi connectivity index (χ3v) is 4.72. The molecular formula is C15H23ClNO6P. The van der Waals surface area contributed by atoms with Crippen LogP contribution in [0.25, 0.3) is 0 Å². The Hall–Kier alpha value is -1.11. The zero-order valence-corrected chi connectivity index (χ0v) is 15.6. The van der Waals surface area contributed by atoms with Crippen LogP contribution >= 0.6 is 19.3 Å². The number of esters is 1. The van der Waals surface area contributed by atoms with Gasteiger partial charge in [0.2, 0.25) is 0 Å². The molecule has 0 saturated heterocycles. The Balaban J connectivity index is 2.78. The first-order chi connectivity index (χ1) is 11.4. The predicted molar refractivity (Wildman–Crippen MR) is 91.4 cm³/mol. The van der Waals surface area contributed by atoms with Crippen molar-refractivity contribution >= 4 is 25.3 Å². The third-order valence-electron chi connectivity index (χ3n) is 2.98. The molecule has 1 aromatic carbocycles. The Bertz CT molecular complexity index is 549. The first-order valence-electron chi connectivity index (χ1n) is 7.55. The number of hydrogen-bond donors (Lipinski definition) is 1. The number of nitrogens with one attached hydrogen (secondary N) is 1. The van der Waals surface area contributed by atoms with Crippen molar-refractivity contribution in [3.05, 3.63) is 29.3 Å². The maximum atomic E-state index is 12.9. The van der Waals surface area contributed by atoms with E-state index in [9.17, 15) is 9.36 Å². The SMILES string of the molecule is CCOC(=O)CNP(=O)(OCC(CC)OC)Oc1ccc(Cl)cc1. The quantitative estimate of drug-likeness (QED) is 0.466. The number of methoxy groups -OCH3 is 1. The van der Waals surface area contributed by atoms with E-state index in [2.05, 4.69) is 5.09 Å². The normalized spacial score (nSPS) is 14.7. The van der Waals surface area contributed by atoms with Crippen LogP contribution in [0.15, 0.2) is 24.3 Å². The first-order valence-corrected chi connectivity index (χ1v) is 9.47. The monoisotopic (exact) mass is 379 g/mol. The van der Waals surface area contributed by atoms with Gasteiger partial charge >= 0.3 is 13.7 Å². The molecule has 24 heavy (non-hydrogen) atoms. The van der Waals surface area contributed by atoms with Crippen molar-refractivity contribution in [2.45, 2.75) is 26.4 Å².